The molecule has 1 fully saturated rings. The van der Waals surface area contributed by atoms with Crippen LogP contribution in [0.2, 0.25) is 0 Å². The lowest BCUT2D eigenvalue weighted by Crippen LogP contribution is -2.28. The van der Waals surface area contributed by atoms with Crippen molar-refractivity contribution in [3.63, 3.8) is 0 Å². The van der Waals surface area contributed by atoms with E-state index in [0.717, 1.165) is 19.6 Å². The van der Waals surface area contributed by atoms with E-state index in [1.807, 2.05) is 0 Å². The molecular weight excluding hydrogens is 222 g/mol. The molecule has 2 heteroatoms. The predicted molar refractivity (Wildman–Crippen MR) is 74.4 cm³/mol. The van der Waals surface area contributed by atoms with Gasteiger partial charge in [-0.15, -0.1) is 0 Å². The van der Waals surface area contributed by atoms with Gasteiger partial charge in [0.15, 0.2) is 0 Å². The first kappa shape index (κ1) is 11.7. The van der Waals surface area contributed by atoms with E-state index in [4.69, 9.17) is 10.5 Å². The van der Waals surface area contributed by atoms with E-state index in [2.05, 4.69) is 42.5 Å². The molecule has 18 heavy (non-hydrogen) atoms. The number of ether oxygens (including phenoxy) is 1. The normalized spacial score (nSPS) is 21.9. The van der Waals surface area contributed by atoms with E-state index in [-0.39, 0.29) is 6.04 Å². The SMILES string of the molecule is NC(c1ccc2ccccc2c1)C1CCCOC1. The van der Waals surface area contributed by atoms with Gasteiger partial charge in [0, 0.05) is 18.6 Å². The molecule has 3 rings (SSSR count). The van der Waals surface area contributed by atoms with Crippen LogP contribution < -0.4 is 5.73 Å². The van der Waals surface area contributed by atoms with Gasteiger partial charge in [-0.05, 0) is 35.2 Å². The molecule has 0 saturated carbocycles. The summed E-state index contributed by atoms with van der Waals surface area (Å²) >= 11 is 0. The molecule has 1 aliphatic heterocycles. The molecule has 2 unspecified atom stereocenters. The lowest BCUT2D eigenvalue weighted by molar-refractivity contribution is 0.0448. The summed E-state index contributed by atoms with van der Waals surface area (Å²) in [5, 5.41) is 2.54. The molecular formula is C16H19NO. The Bertz CT molecular complexity index is 531. The lowest BCUT2D eigenvalue weighted by atomic mass is 9.88. The van der Waals surface area contributed by atoms with Crippen LogP contribution >= 0.6 is 0 Å². The van der Waals surface area contributed by atoms with Gasteiger partial charge in [0.25, 0.3) is 0 Å². The molecule has 1 aliphatic rings. The maximum Gasteiger partial charge on any atom is 0.0512 e. The standard InChI is InChI=1S/C16H19NO/c17-16(15-6-3-9-18-11-15)14-8-7-12-4-1-2-5-13(12)10-14/h1-2,4-5,7-8,10,15-16H,3,6,9,11,17H2. The first-order chi connectivity index (χ1) is 8.84. The first-order valence-corrected chi connectivity index (χ1v) is 6.66. The highest BCUT2D eigenvalue weighted by Crippen LogP contribution is 2.28. The number of fused-ring (bicyclic) bond motifs is 1. The second kappa shape index (κ2) is 5.09. The fourth-order valence-electron chi connectivity index (χ4n) is 2.74. The summed E-state index contributed by atoms with van der Waals surface area (Å²) in [5.41, 5.74) is 7.61. The van der Waals surface area contributed by atoms with Crippen molar-refractivity contribution in [2.45, 2.75) is 18.9 Å². The summed E-state index contributed by atoms with van der Waals surface area (Å²) in [6.45, 7) is 1.69. The van der Waals surface area contributed by atoms with Gasteiger partial charge in [-0.3, -0.25) is 0 Å². The molecule has 0 amide bonds. The van der Waals surface area contributed by atoms with Crippen molar-refractivity contribution in [1.82, 2.24) is 0 Å². The average Bonchev–Trinajstić information content (AvgIpc) is 2.47. The largest absolute Gasteiger partial charge is 0.381 e. The molecule has 0 spiro atoms. The predicted octanol–water partition coefficient (Wildman–Crippen LogP) is 3.27. The Morgan fingerprint density at radius 2 is 1.94 bits per heavy atom. The molecule has 2 nitrogen and oxygen atoms in total. The van der Waals surface area contributed by atoms with Gasteiger partial charge in [0.2, 0.25) is 0 Å². The molecule has 2 aromatic rings. The van der Waals surface area contributed by atoms with Crippen LogP contribution in [0.3, 0.4) is 0 Å². The number of hydrogen-bond donors (Lipinski definition) is 1. The van der Waals surface area contributed by atoms with Crippen molar-refractivity contribution in [3.05, 3.63) is 48.0 Å². The first-order valence-electron chi connectivity index (χ1n) is 6.66. The molecule has 94 valence electrons. The van der Waals surface area contributed by atoms with Crippen molar-refractivity contribution in [1.29, 1.82) is 0 Å². The molecule has 1 heterocycles. The highest BCUT2D eigenvalue weighted by Gasteiger charge is 2.22. The summed E-state index contributed by atoms with van der Waals surface area (Å²) in [7, 11) is 0. The van der Waals surface area contributed by atoms with Gasteiger partial charge in [-0.2, -0.15) is 0 Å². The van der Waals surface area contributed by atoms with E-state index in [0.29, 0.717) is 5.92 Å². The second-order valence-electron chi connectivity index (χ2n) is 5.11. The number of benzene rings is 2. The Morgan fingerprint density at radius 1 is 1.11 bits per heavy atom. The van der Waals surface area contributed by atoms with E-state index >= 15 is 0 Å². The Morgan fingerprint density at radius 3 is 2.72 bits per heavy atom. The molecule has 2 atom stereocenters. The van der Waals surface area contributed by atoms with Crippen LogP contribution in [0.5, 0.6) is 0 Å². The molecule has 0 radical (unpaired) electrons. The van der Waals surface area contributed by atoms with Crippen molar-refractivity contribution in [2.75, 3.05) is 13.2 Å². The smallest absolute Gasteiger partial charge is 0.0512 e. The quantitative estimate of drug-likeness (QED) is 0.875. The third-order valence-corrected chi connectivity index (χ3v) is 3.86. The van der Waals surface area contributed by atoms with Crippen LogP contribution in [0.15, 0.2) is 42.5 Å². The van der Waals surface area contributed by atoms with Gasteiger partial charge >= 0.3 is 0 Å². The Kier molecular flexibility index (Phi) is 3.31. The van der Waals surface area contributed by atoms with Crippen molar-refractivity contribution >= 4 is 10.8 Å². The van der Waals surface area contributed by atoms with Crippen LogP contribution in [0.4, 0.5) is 0 Å². The van der Waals surface area contributed by atoms with Crippen molar-refractivity contribution < 1.29 is 4.74 Å². The van der Waals surface area contributed by atoms with E-state index in [9.17, 15) is 0 Å². The zero-order valence-electron chi connectivity index (χ0n) is 10.5. The molecule has 2 N–H and O–H groups in total. The monoisotopic (exact) mass is 241 g/mol. The van der Waals surface area contributed by atoms with E-state index in [1.54, 1.807) is 0 Å². The molecule has 0 bridgehead atoms. The second-order valence-corrected chi connectivity index (χ2v) is 5.11. The van der Waals surface area contributed by atoms with Crippen LogP contribution in [-0.4, -0.2) is 13.2 Å². The fourth-order valence-corrected chi connectivity index (χ4v) is 2.74. The molecule has 1 saturated heterocycles. The Hall–Kier alpha value is -1.38. The maximum absolute atomic E-state index is 6.38. The van der Waals surface area contributed by atoms with Gasteiger partial charge < -0.3 is 10.5 Å². The van der Waals surface area contributed by atoms with Crippen molar-refractivity contribution in [2.24, 2.45) is 11.7 Å². The zero-order chi connectivity index (χ0) is 12.4. The number of rotatable bonds is 2. The van der Waals surface area contributed by atoms with E-state index in [1.165, 1.54) is 22.8 Å². The fraction of sp³-hybridized carbons (Fsp3) is 0.375. The van der Waals surface area contributed by atoms with Gasteiger partial charge in [0.1, 0.15) is 0 Å². The topological polar surface area (TPSA) is 35.2 Å². The lowest BCUT2D eigenvalue weighted by Gasteiger charge is -2.28. The summed E-state index contributed by atoms with van der Waals surface area (Å²) < 4.78 is 5.53. The minimum atomic E-state index is 0.0925. The highest BCUT2D eigenvalue weighted by atomic mass is 16.5. The van der Waals surface area contributed by atoms with Gasteiger partial charge in [-0.1, -0.05) is 36.4 Å². The van der Waals surface area contributed by atoms with Crippen LogP contribution in [0.25, 0.3) is 10.8 Å². The van der Waals surface area contributed by atoms with Crippen molar-refractivity contribution in [3.8, 4) is 0 Å². The number of nitrogens with two attached hydrogens (primary N) is 1. The number of hydrogen-bond acceptors (Lipinski definition) is 2. The Balaban J connectivity index is 1.88. The summed E-state index contributed by atoms with van der Waals surface area (Å²) in [4.78, 5) is 0. The molecule has 0 aliphatic carbocycles. The van der Waals surface area contributed by atoms with Crippen LogP contribution in [0.1, 0.15) is 24.4 Å². The zero-order valence-corrected chi connectivity index (χ0v) is 10.5. The summed E-state index contributed by atoms with van der Waals surface area (Å²) in [5.74, 6) is 0.458. The summed E-state index contributed by atoms with van der Waals surface area (Å²) in [6, 6.07) is 15.0. The minimum Gasteiger partial charge on any atom is -0.381 e. The van der Waals surface area contributed by atoms with Crippen LogP contribution in [-0.2, 0) is 4.74 Å². The molecule has 0 aromatic heterocycles. The van der Waals surface area contributed by atoms with Crippen LogP contribution in [0, 0.1) is 5.92 Å². The average molecular weight is 241 g/mol. The highest BCUT2D eigenvalue weighted by molar-refractivity contribution is 5.83. The minimum absolute atomic E-state index is 0.0925. The van der Waals surface area contributed by atoms with Gasteiger partial charge in [-0.25, -0.2) is 0 Å². The maximum atomic E-state index is 6.38. The Labute approximate surface area is 108 Å². The van der Waals surface area contributed by atoms with E-state index < -0.39 is 0 Å². The third-order valence-electron chi connectivity index (χ3n) is 3.86. The third kappa shape index (κ3) is 2.26. The molecule has 2 aromatic carbocycles. The summed E-state index contributed by atoms with van der Waals surface area (Å²) in [6.07, 6.45) is 2.31. The van der Waals surface area contributed by atoms with Gasteiger partial charge in [0.05, 0.1) is 6.61 Å².